The van der Waals surface area contributed by atoms with Crippen LogP contribution in [-0.4, -0.2) is 16.9 Å². The number of benzene rings is 2. The molecule has 0 amide bonds. The third-order valence-electron chi connectivity index (χ3n) is 7.89. The molecule has 3 N–H and O–H groups in total. The highest BCUT2D eigenvalue weighted by atomic mass is 16.6. The summed E-state index contributed by atoms with van der Waals surface area (Å²) in [6.45, 7) is 0. The number of nitrogens with one attached hydrogen (secondary N) is 1. The van der Waals surface area contributed by atoms with Crippen LogP contribution < -0.4 is 11.1 Å². The van der Waals surface area contributed by atoms with Gasteiger partial charge in [0.15, 0.2) is 5.96 Å². The van der Waals surface area contributed by atoms with Gasteiger partial charge in [0.05, 0.1) is 11.0 Å². The minimum atomic E-state index is -0.306. The van der Waals surface area contributed by atoms with Crippen molar-refractivity contribution in [3.63, 3.8) is 0 Å². The van der Waals surface area contributed by atoms with Crippen LogP contribution in [0.5, 0.6) is 0 Å². The first-order chi connectivity index (χ1) is 14.1. The van der Waals surface area contributed by atoms with E-state index in [4.69, 9.17) is 10.7 Å². The highest BCUT2D eigenvalue weighted by Crippen LogP contribution is 2.54. The Hall–Kier alpha value is -2.63. The summed E-state index contributed by atoms with van der Waals surface area (Å²) < 4.78 is 0. The van der Waals surface area contributed by atoms with Crippen molar-refractivity contribution in [2.45, 2.75) is 51.0 Å². The molecular formula is C23H26N4O2. The molecule has 0 unspecified atom stereocenters. The fourth-order valence-corrected chi connectivity index (χ4v) is 7.01. The molecule has 7 rings (SSSR count). The normalized spacial score (nSPS) is 32.1. The number of aliphatic imine (C=N–C) groups is 1. The number of nitrogens with zero attached hydrogens (tertiary/aromatic N) is 2. The molecule has 0 aliphatic heterocycles. The molecule has 6 heteroatoms. The Kier molecular flexibility index (Phi) is 3.68. The molecule has 0 aromatic heterocycles. The van der Waals surface area contributed by atoms with Crippen LogP contribution in [0, 0.1) is 33.8 Å². The molecule has 4 bridgehead atoms. The summed E-state index contributed by atoms with van der Waals surface area (Å²) in [4.78, 5) is 16.4. The lowest BCUT2D eigenvalue weighted by atomic mass is 9.54. The van der Waals surface area contributed by atoms with Gasteiger partial charge in [0.2, 0.25) is 0 Å². The highest BCUT2D eigenvalue weighted by Gasteiger charge is 2.48. The van der Waals surface area contributed by atoms with Crippen LogP contribution >= 0.6 is 0 Å². The van der Waals surface area contributed by atoms with E-state index in [-0.39, 0.29) is 16.7 Å². The van der Waals surface area contributed by atoms with Crippen LogP contribution in [0.1, 0.15) is 43.2 Å². The standard InChI is InChI=1S/C23H26N4O2/c24-23(25-21-16-7-12-6-13(9-16)10-17(21)8-12)26-22-18-3-1-2-14-4-5-15(20(14)18)11-19(22)27(28)29/h1-3,11-13,16-17,21H,4-10H2,(H3,24,25,26). The second-order valence-electron chi connectivity index (χ2n) is 9.59. The Labute approximate surface area is 169 Å². The summed E-state index contributed by atoms with van der Waals surface area (Å²) in [6, 6.07) is 8.04. The van der Waals surface area contributed by atoms with Crippen LogP contribution in [0.25, 0.3) is 10.8 Å². The van der Waals surface area contributed by atoms with Gasteiger partial charge in [0.1, 0.15) is 5.69 Å². The van der Waals surface area contributed by atoms with Gasteiger partial charge < -0.3 is 11.1 Å². The van der Waals surface area contributed by atoms with Crippen molar-refractivity contribution in [3.05, 3.63) is 45.5 Å². The molecule has 0 spiro atoms. The van der Waals surface area contributed by atoms with E-state index in [1.54, 1.807) is 6.07 Å². The van der Waals surface area contributed by atoms with E-state index < -0.39 is 0 Å². The molecule has 6 nitrogen and oxygen atoms in total. The number of hydrogen-bond acceptors (Lipinski definition) is 3. The lowest BCUT2D eigenvalue weighted by molar-refractivity contribution is -0.383. The second kappa shape index (κ2) is 6.18. The lowest BCUT2D eigenvalue weighted by Gasteiger charge is -2.53. The van der Waals surface area contributed by atoms with E-state index in [1.807, 2.05) is 12.1 Å². The van der Waals surface area contributed by atoms with Crippen molar-refractivity contribution in [2.24, 2.45) is 34.4 Å². The third kappa shape index (κ3) is 2.65. The van der Waals surface area contributed by atoms with Crippen molar-refractivity contribution < 1.29 is 4.92 Å². The van der Waals surface area contributed by atoms with Gasteiger partial charge >= 0.3 is 0 Å². The summed E-state index contributed by atoms with van der Waals surface area (Å²) in [7, 11) is 0. The first-order valence-electron chi connectivity index (χ1n) is 10.9. The number of hydrogen-bond donors (Lipinski definition) is 2. The van der Waals surface area contributed by atoms with Crippen LogP contribution in [-0.2, 0) is 12.8 Å². The Morgan fingerprint density at radius 3 is 2.45 bits per heavy atom. The van der Waals surface area contributed by atoms with Gasteiger partial charge in [-0.05, 0) is 85.1 Å². The number of nitrogens with two attached hydrogens (primary N) is 1. The summed E-state index contributed by atoms with van der Waals surface area (Å²) in [5.41, 5.74) is 9.25. The zero-order valence-electron chi connectivity index (χ0n) is 16.4. The number of aryl methyl sites for hydroxylation is 2. The van der Waals surface area contributed by atoms with Gasteiger partial charge in [-0.3, -0.25) is 10.1 Å². The minimum absolute atomic E-state index is 0.0924. The van der Waals surface area contributed by atoms with Crippen molar-refractivity contribution in [1.82, 2.24) is 0 Å². The van der Waals surface area contributed by atoms with E-state index >= 15 is 0 Å². The van der Waals surface area contributed by atoms with Gasteiger partial charge in [0, 0.05) is 11.5 Å². The van der Waals surface area contributed by atoms with Gasteiger partial charge in [0.25, 0.3) is 5.69 Å². The van der Waals surface area contributed by atoms with E-state index in [9.17, 15) is 10.1 Å². The van der Waals surface area contributed by atoms with Gasteiger partial charge in [-0.1, -0.05) is 18.2 Å². The molecule has 4 fully saturated rings. The van der Waals surface area contributed by atoms with Gasteiger partial charge in [-0.15, -0.1) is 0 Å². The SMILES string of the molecule is NC(=NC1C2CC3CC(C2)CC1C3)Nc1c([N+](=O)[O-])cc2c3c(cccc13)CC2. The molecule has 0 heterocycles. The fraction of sp³-hybridized carbons (Fsp3) is 0.522. The molecule has 5 aliphatic rings. The number of nitro groups is 1. The average Bonchev–Trinajstić information content (AvgIpc) is 3.10. The molecule has 29 heavy (non-hydrogen) atoms. The van der Waals surface area contributed by atoms with Crippen molar-refractivity contribution in [3.8, 4) is 0 Å². The first kappa shape index (κ1) is 17.2. The molecule has 5 aliphatic carbocycles. The summed E-state index contributed by atoms with van der Waals surface area (Å²) in [5, 5.41) is 17.0. The summed E-state index contributed by atoms with van der Waals surface area (Å²) in [5.74, 6) is 3.36. The maximum absolute atomic E-state index is 11.8. The number of guanidine groups is 1. The van der Waals surface area contributed by atoms with E-state index in [2.05, 4.69) is 11.4 Å². The van der Waals surface area contributed by atoms with Crippen molar-refractivity contribution in [1.29, 1.82) is 0 Å². The zero-order valence-corrected chi connectivity index (χ0v) is 16.4. The largest absolute Gasteiger partial charge is 0.370 e. The number of rotatable bonds is 3. The predicted molar refractivity (Wildman–Crippen MR) is 114 cm³/mol. The van der Waals surface area contributed by atoms with Crippen LogP contribution in [0.2, 0.25) is 0 Å². The first-order valence-corrected chi connectivity index (χ1v) is 10.9. The zero-order chi connectivity index (χ0) is 19.7. The monoisotopic (exact) mass is 390 g/mol. The highest BCUT2D eigenvalue weighted by molar-refractivity contribution is 6.09. The second-order valence-corrected chi connectivity index (χ2v) is 9.59. The Morgan fingerprint density at radius 2 is 1.76 bits per heavy atom. The van der Waals surface area contributed by atoms with Gasteiger partial charge in [-0.2, -0.15) is 0 Å². The van der Waals surface area contributed by atoms with Crippen LogP contribution in [0.4, 0.5) is 11.4 Å². The number of anilines is 1. The van der Waals surface area contributed by atoms with Crippen molar-refractivity contribution in [2.75, 3.05) is 5.32 Å². The fourth-order valence-electron chi connectivity index (χ4n) is 7.01. The smallest absolute Gasteiger partial charge is 0.293 e. The average molecular weight is 390 g/mol. The molecule has 0 saturated heterocycles. The minimum Gasteiger partial charge on any atom is -0.370 e. The van der Waals surface area contributed by atoms with E-state index in [1.165, 1.54) is 37.7 Å². The number of nitro benzene ring substituents is 1. The van der Waals surface area contributed by atoms with Crippen LogP contribution in [0.3, 0.4) is 0 Å². The molecular weight excluding hydrogens is 364 g/mol. The van der Waals surface area contributed by atoms with Crippen molar-refractivity contribution >= 4 is 28.1 Å². The van der Waals surface area contributed by atoms with Crippen LogP contribution in [0.15, 0.2) is 29.3 Å². The topological polar surface area (TPSA) is 93.5 Å². The Balaban J connectivity index is 1.38. The lowest BCUT2D eigenvalue weighted by Crippen LogP contribution is -2.48. The van der Waals surface area contributed by atoms with E-state index in [0.29, 0.717) is 23.5 Å². The Morgan fingerprint density at radius 1 is 1.07 bits per heavy atom. The molecule has 2 aromatic rings. The maximum atomic E-state index is 11.8. The predicted octanol–water partition coefficient (Wildman–Crippen LogP) is 4.40. The maximum Gasteiger partial charge on any atom is 0.293 e. The molecule has 4 saturated carbocycles. The van der Waals surface area contributed by atoms with Gasteiger partial charge in [-0.25, -0.2) is 4.99 Å². The molecule has 0 radical (unpaired) electrons. The molecule has 2 aromatic carbocycles. The molecule has 150 valence electrons. The summed E-state index contributed by atoms with van der Waals surface area (Å²) in [6.07, 6.45) is 8.29. The summed E-state index contributed by atoms with van der Waals surface area (Å²) >= 11 is 0. The molecule has 0 atom stereocenters. The van der Waals surface area contributed by atoms with E-state index in [0.717, 1.165) is 41.0 Å². The quantitative estimate of drug-likeness (QED) is 0.352. The Bertz CT molecular complexity index is 1030. The third-order valence-corrected chi connectivity index (χ3v) is 7.89.